The van der Waals surface area contributed by atoms with E-state index in [1.54, 1.807) is 12.1 Å². The van der Waals surface area contributed by atoms with Gasteiger partial charge < -0.3 is 10.1 Å². The van der Waals surface area contributed by atoms with Gasteiger partial charge in [0, 0.05) is 16.6 Å². The standard InChI is InChI=1S/C22H21N3O5S/c1-14-11-15(18-5-3-4-6-19(18)23-14)12-30-16-7-9-17(10-8-16)31(28,29)13-22(2)20(26)24-21(27)25-22/h3-11H,12-13H2,1-2H3,(H2,24,25,26,27). The number of benzene rings is 2. The number of nitrogens with one attached hydrogen (secondary N) is 2. The highest BCUT2D eigenvalue weighted by molar-refractivity contribution is 7.91. The first kappa shape index (κ1) is 20.8. The largest absolute Gasteiger partial charge is 0.489 e. The average molecular weight is 439 g/mol. The van der Waals surface area contributed by atoms with Crippen LogP contribution in [0.2, 0.25) is 0 Å². The van der Waals surface area contributed by atoms with Gasteiger partial charge >= 0.3 is 6.03 Å². The monoisotopic (exact) mass is 439 g/mol. The number of carbonyl (C=O) groups is 2. The van der Waals surface area contributed by atoms with Crippen molar-refractivity contribution in [1.29, 1.82) is 0 Å². The summed E-state index contributed by atoms with van der Waals surface area (Å²) in [5.74, 6) is -0.698. The molecule has 0 aliphatic carbocycles. The summed E-state index contributed by atoms with van der Waals surface area (Å²) in [6.07, 6.45) is 0. The summed E-state index contributed by atoms with van der Waals surface area (Å²) in [7, 11) is -3.82. The Bertz CT molecular complexity index is 1290. The number of carbonyl (C=O) groups excluding carboxylic acids is 2. The Morgan fingerprint density at radius 1 is 1.06 bits per heavy atom. The zero-order chi connectivity index (χ0) is 22.2. The number of pyridine rings is 1. The van der Waals surface area contributed by atoms with Crippen molar-refractivity contribution in [2.75, 3.05) is 5.75 Å². The molecule has 160 valence electrons. The average Bonchev–Trinajstić information content (AvgIpc) is 2.96. The maximum absolute atomic E-state index is 12.7. The van der Waals surface area contributed by atoms with Crippen LogP contribution < -0.4 is 15.4 Å². The van der Waals surface area contributed by atoms with Gasteiger partial charge in [0.25, 0.3) is 5.91 Å². The number of para-hydroxylation sites is 1. The van der Waals surface area contributed by atoms with Crippen LogP contribution in [-0.2, 0) is 21.2 Å². The van der Waals surface area contributed by atoms with Crippen LogP contribution in [0.4, 0.5) is 4.79 Å². The zero-order valence-corrected chi connectivity index (χ0v) is 17.8. The second-order valence-corrected chi connectivity index (χ2v) is 9.69. The summed E-state index contributed by atoms with van der Waals surface area (Å²) < 4.78 is 31.3. The minimum atomic E-state index is -3.82. The van der Waals surface area contributed by atoms with E-state index in [4.69, 9.17) is 4.74 Å². The Morgan fingerprint density at radius 2 is 1.77 bits per heavy atom. The summed E-state index contributed by atoms with van der Waals surface area (Å²) in [6.45, 7) is 3.60. The lowest BCUT2D eigenvalue weighted by atomic mass is 10.1. The lowest BCUT2D eigenvalue weighted by Gasteiger charge is -2.20. The second-order valence-electron chi connectivity index (χ2n) is 7.70. The first-order valence-electron chi connectivity index (χ1n) is 9.61. The Balaban J connectivity index is 1.49. The highest BCUT2D eigenvalue weighted by Gasteiger charge is 2.45. The summed E-state index contributed by atoms with van der Waals surface area (Å²) >= 11 is 0. The van der Waals surface area contributed by atoms with E-state index in [0.29, 0.717) is 12.4 Å². The SMILES string of the molecule is Cc1cc(COc2ccc(S(=O)(=O)CC3(C)NC(=O)NC3=O)cc2)c2ccccc2n1. The number of imide groups is 1. The van der Waals surface area contributed by atoms with E-state index in [0.717, 1.165) is 22.2 Å². The van der Waals surface area contributed by atoms with E-state index in [9.17, 15) is 18.0 Å². The number of nitrogens with zero attached hydrogens (tertiary/aromatic N) is 1. The fourth-order valence-corrected chi connectivity index (χ4v) is 5.24. The third-order valence-electron chi connectivity index (χ3n) is 5.10. The van der Waals surface area contributed by atoms with E-state index in [-0.39, 0.29) is 4.90 Å². The number of urea groups is 1. The van der Waals surface area contributed by atoms with Gasteiger partial charge in [0.2, 0.25) is 0 Å². The molecule has 1 fully saturated rings. The number of ether oxygens (including phenoxy) is 1. The van der Waals surface area contributed by atoms with Crippen LogP contribution in [0.3, 0.4) is 0 Å². The van der Waals surface area contributed by atoms with Gasteiger partial charge in [-0.1, -0.05) is 18.2 Å². The number of aryl methyl sites for hydroxylation is 1. The molecule has 2 N–H and O–H groups in total. The summed E-state index contributed by atoms with van der Waals surface area (Å²) in [5.41, 5.74) is 1.25. The minimum Gasteiger partial charge on any atom is -0.489 e. The molecular formula is C22H21N3O5S. The van der Waals surface area contributed by atoms with Gasteiger partial charge in [-0.05, 0) is 50.2 Å². The molecule has 8 nitrogen and oxygen atoms in total. The van der Waals surface area contributed by atoms with Crippen molar-refractivity contribution in [3.05, 3.63) is 65.9 Å². The highest BCUT2D eigenvalue weighted by atomic mass is 32.2. The minimum absolute atomic E-state index is 0.0419. The number of sulfone groups is 1. The fraction of sp³-hybridized carbons (Fsp3) is 0.227. The van der Waals surface area contributed by atoms with Gasteiger partial charge in [-0.3, -0.25) is 15.1 Å². The predicted octanol–water partition coefficient (Wildman–Crippen LogP) is 2.49. The Morgan fingerprint density at radius 3 is 2.45 bits per heavy atom. The Kier molecular flexibility index (Phi) is 5.14. The van der Waals surface area contributed by atoms with Gasteiger partial charge in [0.05, 0.1) is 16.2 Å². The van der Waals surface area contributed by atoms with Gasteiger partial charge in [0.15, 0.2) is 9.84 Å². The van der Waals surface area contributed by atoms with Crippen LogP contribution in [-0.4, -0.2) is 36.6 Å². The van der Waals surface area contributed by atoms with Crippen LogP contribution >= 0.6 is 0 Å². The molecule has 2 heterocycles. The molecule has 1 atom stereocenters. The molecule has 1 saturated heterocycles. The maximum Gasteiger partial charge on any atom is 0.322 e. The van der Waals surface area contributed by atoms with Crippen molar-refractivity contribution in [2.45, 2.75) is 30.9 Å². The van der Waals surface area contributed by atoms with Gasteiger partial charge in [-0.2, -0.15) is 0 Å². The highest BCUT2D eigenvalue weighted by Crippen LogP contribution is 2.24. The van der Waals surface area contributed by atoms with Crippen LogP contribution in [0.15, 0.2) is 59.5 Å². The first-order chi connectivity index (χ1) is 14.7. The topological polar surface area (TPSA) is 114 Å². The first-order valence-corrected chi connectivity index (χ1v) is 11.3. The molecule has 1 aliphatic rings. The van der Waals surface area contributed by atoms with E-state index in [1.165, 1.54) is 19.1 Å². The van der Waals surface area contributed by atoms with Crippen molar-refractivity contribution in [2.24, 2.45) is 0 Å². The lowest BCUT2D eigenvalue weighted by molar-refractivity contribution is -0.122. The molecule has 0 bridgehead atoms. The molecule has 9 heteroatoms. The number of rotatable bonds is 6. The third kappa shape index (κ3) is 4.22. The molecule has 3 aromatic rings. The smallest absolute Gasteiger partial charge is 0.322 e. The van der Waals surface area contributed by atoms with Crippen LogP contribution in [0.1, 0.15) is 18.2 Å². The van der Waals surface area contributed by atoms with Gasteiger partial charge in [-0.25, -0.2) is 13.2 Å². The maximum atomic E-state index is 12.7. The number of hydrogen-bond donors (Lipinski definition) is 2. The Labute approximate surface area is 179 Å². The van der Waals surface area contributed by atoms with E-state index in [2.05, 4.69) is 15.6 Å². The molecule has 1 unspecified atom stereocenters. The predicted molar refractivity (Wildman–Crippen MR) is 114 cm³/mol. The number of fused-ring (bicyclic) bond motifs is 1. The van der Waals surface area contributed by atoms with Gasteiger partial charge in [-0.15, -0.1) is 0 Å². The number of amides is 3. The lowest BCUT2D eigenvalue weighted by Crippen LogP contribution is -2.49. The van der Waals surface area contributed by atoms with E-state index < -0.39 is 33.1 Å². The molecule has 4 rings (SSSR count). The molecule has 2 aromatic carbocycles. The quantitative estimate of drug-likeness (QED) is 0.571. The van der Waals surface area contributed by atoms with E-state index in [1.807, 2.05) is 37.3 Å². The fourth-order valence-electron chi connectivity index (χ4n) is 3.56. The van der Waals surface area contributed by atoms with Crippen molar-refractivity contribution in [1.82, 2.24) is 15.6 Å². The normalized spacial score (nSPS) is 18.6. The van der Waals surface area contributed by atoms with Crippen LogP contribution in [0.25, 0.3) is 10.9 Å². The molecule has 0 radical (unpaired) electrons. The number of hydrogen-bond acceptors (Lipinski definition) is 6. The molecule has 0 saturated carbocycles. The Hall–Kier alpha value is -3.46. The number of aromatic nitrogens is 1. The zero-order valence-electron chi connectivity index (χ0n) is 17.0. The van der Waals surface area contributed by atoms with Crippen LogP contribution in [0.5, 0.6) is 5.75 Å². The van der Waals surface area contributed by atoms with Crippen molar-refractivity contribution < 1.29 is 22.7 Å². The molecule has 1 aromatic heterocycles. The summed E-state index contributed by atoms with van der Waals surface area (Å²) in [6, 6.07) is 15.0. The molecule has 1 aliphatic heterocycles. The van der Waals surface area contributed by atoms with Crippen molar-refractivity contribution in [3.8, 4) is 5.75 Å². The van der Waals surface area contributed by atoms with E-state index >= 15 is 0 Å². The summed E-state index contributed by atoms with van der Waals surface area (Å²) in [5, 5.41) is 5.43. The molecular weight excluding hydrogens is 418 g/mol. The van der Waals surface area contributed by atoms with Crippen molar-refractivity contribution in [3.63, 3.8) is 0 Å². The van der Waals surface area contributed by atoms with Crippen LogP contribution in [0, 0.1) is 6.92 Å². The van der Waals surface area contributed by atoms with Gasteiger partial charge in [0.1, 0.15) is 17.9 Å². The molecule has 0 spiro atoms. The molecule has 31 heavy (non-hydrogen) atoms. The second kappa shape index (κ2) is 7.66. The summed E-state index contributed by atoms with van der Waals surface area (Å²) in [4.78, 5) is 27.8. The molecule has 3 amide bonds. The van der Waals surface area contributed by atoms with Crippen molar-refractivity contribution >= 4 is 32.7 Å². The third-order valence-corrected chi connectivity index (χ3v) is 7.05.